The summed E-state index contributed by atoms with van der Waals surface area (Å²) in [7, 11) is 1.68. The highest BCUT2D eigenvalue weighted by Gasteiger charge is 2.09. The molecule has 0 amide bonds. The molecule has 1 aliphatic rings. The first-order valence-electron chi connectivity index (χ1n) is 6.37. The van der Waals surface area contributed by atoms with Gasteiger partial charge in [0.05, 0.1) is 23.3 Å². The molecule has 0 aliphatic heterocycles. The van der Waals surface area contributed by atoms with Crippen LogP contribution in [0.5, 0.6) is 5.75 Å². The van der Waals surface area contributed by atoms with Gasteiger partial charge in [-0.15, -0.1) is 0 Å². The Labute approximate surface area is 106 Å². The van der Waals surface area contributed by atoms with Gasteiger partial charge in [0.25, 0.3) is 0 Å². The maximum atomic E-state index is 5.39. The molecule has 0 saturated carbocycles. The molecule has 3 rings (SSSR count). The van der Waals surface area contributed by atoms with Crippen LogP contribution < -0.4 is 15.4 Å². The second-order valence-corrected chi connectivity index (χ2v) is 4.46. The fraction of sp³-hybridized carbons (Fsp3) is 0.333. The van der Waals surface area contributed by atoms with Crippen molar-refractivity contribution >= 4 is 23.2 Å². The van der Waals surface area contributed by atoms with Crippen LogP contribution in [0.15, 0.2) is 12.1 Å². The Kier molecular flexibility index (Phi) is 2.74. The number of benzene rings is 1. The number of hydrogen-bond donors (Lipinski definition) is 0. The van der Waals surface area contributed by atoms with Crippen molar-refractivity contribution in [2.75, 3.05) is 7.11 Å². The topological polar surface area (TPSA) is 35.0 Å². The lowest BCUT2D eigenvalue weighted by atomic mass is 10.1. The molecule has 2 aromatic rings. The summed E-state index contributed by atoms with van der Waals surface area (Å²) < 4.78 is 5.39. The Bertz CT molecular complexity index is 657. The van der Waals surface area contributed by atoms with Gasteiger partial charge in [0, 0.05) is 0 Å². The molecule has 92 valence electrons. The van der Waals surface area contributed by atoms with E-state index in [-0.39, 0.29) is 0 Å². The molecule has 0 bridgehead atoms. The summed E-state index contributed by atoms with van der Waals surface area (Å²) in [6.07, 6.45) is 7.37. The largest absolute Gasteiger partial charge is 0.494 e. The van der Waals surface area contributed by atoms with E-state index in [0.717, 1.165) is 46.7 Å². The average Bonchev–Trinajstić information content (AvgIpc) is 2.44. The molecule has 0 atom stereocenters. The summed E-state index contributed by atoms with van der Waals surface area (Å²) in [4.78, 5) is 9.49. The standard InChI is InChI=1S/C15H16N2O/c1-3-10-8-9-13(18-2)15-14(10)16-11-6-4-5-7-12(11)17-15/h6-9H,3-5H2,1-2H3. The van der Waals surface area contributed by atoms with Crippen LogP contribution in [0.3, 0.4) is 0 Å². The van der Waals surface area contributed by atoms with E-state index in [1.807, 2.05) is 6.07 Å². The zero-order chi connectivity index (χ0) is 12.5. The van der Waals surface area contributed by atoms with Gasteiger partial charge in [-0.05, 0) is 30.9 Å². The van der Waals surface area contributed by atoms with E-state index < -0.39 is 0 Å². The number of methoxy groups -OCH3 is 1. The molecule has 1 aromatic heterocycles. The number of ether oxygens (including phenoxy) is 1. The predicted molar refractivity (Wildman–Crippen MR) is 72.9 cm³/mol. The Morgan fingerprint density at radius 1 is 1.06 bits per heavy atom. The first-order valence-corrected chi connectivity index (χ1v) is 6.37. The summed E-state index contributed by atoms with van der Waals surface area (Å²) in [6.45, 7) is 2.14. The van der Waals surface area contributed by atoms with Gasteiger partial charge in [0.1, 0.15) is 11.3 Å². The van der Waals surface area contributed by atoms with Gasteiger partial charge in [0.15, 0.2) is 0 Å². The van der Waals surface area contributed by atoms with Crippen LogP contribution in [-0.2, 0) is 6.42 Å². The highest BCUT2D eigenvalue weighted by molar-refractivity contribution is 5.84. The fourth-order valence-corrected chi connectivity index (χ4v) is 2.38. The first kappa shape index (κ1) is 11.2. The summed E-state index contributed by atoms with van der Waals surface area (Å²) in [5, 5.41) is 2.00. The van der Waals surface area contributed by atoms with Gasteiger partial charge in [-0.25, -0.2) is 9.97 Å². The van der Waals surface area contributed by atoms with Gasteiger partial charge in [-0.3, -0.25) is 0 Å². The molecule has 0 N–H and O–H groups in total. The van der Waals surface area contributed by atoms with Crippen molar-refractivity contribution in [1.82, 2.24) is 9.97 Å². The number of fused-ring (bicyclic) bond motifs is 2. The highest BCUT2D eigenvalue weighted by atomic mass is 16.5. The number of aryl methyl sites for hydroxylation is 1. The third-order valence-electron chi connectivity index (χ3n) is 3.37. The quantitative estimate of drug-likeness (QED) is 0.799. The lowest BCUT2D eigenvalue weighted by molar-refractivity contribution is 0.418. The minimum atomic E-state index is 0.802. The predicted octanol–water partition coefficient (Wildman–Crippen LogP) is 1.56. The maximum absolute atomic E-state index is 5.39. The van der Waals surface area contributed by atoms with Gasteiger partial charge < -0.3 is 4.74 Å². The second kappa shape index (κ2) is 4.41. The summed E-state index contributed by atoms with van der Waals surface area (Å²) in [6, 6.07) is 4.06. The number of rotatable bonds is 2. The van der Waals surface area contributed by atoms with E-state index in [1.165, 1.54) is 5.56 Å². The highest BCUT2D eigenvalue weighted by Crippen LogP contribution is 2.23. The van der Waals surface area contributed by atoms with E-state index in [0.29, 0.717) is 0 Å². The molecule has 0 spiro atoms. The van der Waals surface area contributed by atoms with Gasteiger partial charge in [0.2, 0.25) is 0 Å². The van der Waals surface area contributed by atoms with Crippen LogP contribution in [-0.4, -0.2) is 17.1 Å². The van der Waals surface area contributed by atoms with Crippen LogP contribution in [0.4, 0.5) is 0 Å². The van der Waals surface area contributed by atoms with Crippen LogP contribution in [0, 0.1) is 0 Å². The normalized spacial score (nSPS) is 13.7. The van der Waals surface area contributed by atoms with E-state index in [9.17, 15) is 0 Å². The van der Waals surface area contributed by atoms with E-state index in [4.69, 9.17) is 14.7 Å². The van der Waals surface area contributed by atoms with Crippen molar-refractivity contribution in [3.63, 3.8) is 0 Å². The van der Waals surface area contributed by atoms with Crippen LogP contribution in [0.25, 0.3) is 23.2 Å². The zero-order valence-electron chi connectivity index (χ0n) is 10.7. The van der Waals surface area contributed by atoms with Crippen molar-refractivity contribution in [2.24, 2.45) is 0 Å². The Balaban J connectivity index is 2.46. The lowest BCUT2D eigenvalue weighted by Gasteiger charge is -2.09. The second-order valence-electron chi connectivity index (χ2n) is 4.46. The zero-order valence-corrected chi connectivity index (χ0v) is 10.7. The lowest BCUT2D eigenvalue weighted by Crippen LogP contribution is -2.33. The SMILES string of the molecule is CCc1ccc(OC)c2nc3c(nc12)=CCCC=3. The van der Waals surface area contributed by atoms with Crippen molar-refractivity contribution in [3.8, 4) is 5.75 Å². The van der Waals surface area contributed by atoms with Crippen LogP contribution >= 0.6 is 0 Å². The molecular weight excluding hydrogens is 224 g/mol. The third-order valence-corrected chi connectivity index (χ3v) is 3.37. The Morgan fingerprint density at radius 2 is 1.72 bits per heavy atom. The Morgan fingerprint density at radius 3 is 2.33 bits per heavy atom. The van der Waals surface area contributed by atoms with E-state index in [2.05, 4.69) is 25.1 Å². The van der Waals surface area contributed by atoms with E-state index >= 15 is 0 Å². The molecule has 0 unspecified atom stereocenters. The summed E-state index contributed by atoms with van der Waals surface area (Å²) >= 11 is 0. The number of hydrogen-bond acceptors (Lipinski definition) is 3. The molecular formula is C15H16N2O. The molecule has 0 radical (unpaired) electrons. The third kappa shape index (κ3) is 1.67. The minimum Gasteiger partial charge on any atom is -0.494 e. The van der Waals surface area contributed by atoms with E-state index in [1.54, 1.807) is 7.11 Å². The molecule has 1 heterocycles. The molecule has 0 fully saturated rings. The van der Waals surface area contributed by atoms with Crippen LogP contribution in [0.2, 0.25) is 0 Å². The average molecular weight is 240 g/mol. The molecule has 1 aliphatic carbocycles. The molecule has 0 saturated heterocycles. The fourth-order valence-electron chi connectivity index (χ4n) is 2.38. The smallest absolute Gasteiger partial charge is 0.146 e. The van der Waals surface area contributed by atoms with Gasteiger partial charge >= 0.3 is 0 Å². The molecule has 3 nitrogen and oxygen atoms in total. The summed E-state index contributed by atoms with van der Waals surface area (Å²) in [5.41, 5.74) is 3.07. The first-order chi connectivity index (χ1) is 8.83. The minimum absolute atomic E-state index is 0.802. The van der Waals surface area contributed by atoms with Crippen LogP contribution in [0.1, 0.15) is 25.3 Å². The molecule has 1 aromatic carbocycles. The van der Waals surface area contributed by atoms with Gasteiger partial charge in [-0.2, -0.15) is 0 Å². The van der Waals surface area contributed by atoms with Crippen molar-refractivity contribution in [1.29, 1.82) is 0 Å². The number of nitrogens with zero attached hydrogens (tertiary/aromatic N) is 2. The number of aromatic nitrogens is 2. The molecule has 3 heteroatoms. The monoisotopic (exact) mass is 240 g/mol. The molecule has 18 heavy (non-hydrogen) atoms. The maximum Gasteiger partial charge on any atom is 0.146 e. The van der Waals surface area contributed by atoms with Gasteiger partial charge in [-0.1, -0.05) is 25.1 Å². The van der Waals surface area contributed by atoms with Crippen molar-refractivity contribution in [3.05, 3.63) is 28.4 Å². The van der Waals surface area contributed by atoms with Crippen molar-refractivity contribution < 1.29 is 4.74 Å². The van der Waals surface area contributed by atoms with Crippen molar-refractivity contribution in [2.45, 2.75) is 26.2 Å². The Hall–Kier alpha value is -1.90. The summed E-state index contributed by atoms with van der Waals surface area (Å²) in [5.74, 6) is 0.802.